The summed E-state index contributed by atoms with van der Waals surface area (Å²) in [6.07, 6.45) is 3.35. The molecule has 0 amide bonds. The molecule has 0 saturated heterocycles. The van der Waals surface area contributed by atoms with Gasteiger partial charge in [0.2, 0.25) is 0 Å². The summed E-state index contributed by atoms with van der Waals surface area (Å²) in [7, 11) is 0. The van der Waals surface area contributed by atoms with Crippen molar-refractivity contribution in [3.63, 3.8) is 0 Å². The Morgan fingerprint density at radius 3 is 2.32 bits per heavy atom. The van der Waals surface area contributed by atoms with Gasteiger partial charge in [-0.2, -0.15) is 0 Å². The molecule has 0 fully saturated rings. The van der Waals surface area contributed by atoms with Gasteiger partial charge in [-0.3, -0.25) is 0 Å². The van der Waals surface area contributed by atoms with Gasteiger partial charge in [-0.15, -0.1) is 0 Å². The van der Waals surface area contributed by atoms with Crippen LogP contribution in [-0.2, 0) is 20.9 Å². The van der Waals surface area contributed by atoms with Crippen LogP contribution >= 0.6 is 0 Å². The molecule has 22 heavy (non-hydrogen) atoms. The molecule has 2 aromatic carbocycles. The molecule has 114 valence electrons. The van der Waals surface area contributed by atoms with Crippen LogP contribution in [0.3, 0.4) is 0 Å². The molecule has 0 N–H and O–H groups in total. The Morgan fingerprint density at radius 2 is 1.68 bits per heavy atom. The largest absolute Gasteiger partial charge is 0.451 e. The van der Waals surface area contributed by atoms with E-state index in [0.29, 0.717) is 6.61 Å². The van der Waals surface area contributed by atoms with Crippen molar-refractivity contribution in [1.29, 1.82) is 0 Å². The highest BCUT2D eigenvalue weighted by Gasteiger charge is 2.13. The number of hydrogen-bond acceptors (Lipinski definition) is 3. The third-order valence-electron chi connectivity index (χ3n) is 3.09. The van der Waals surface area contributed by atoms with Crippen molar-refractivity contribution < 1.29 is 14.3 Å². The molecule has 0 radical (unpaired) electrons. The zero-order valence-corrected chi connectivity index (χ0v) is 12.6. The Hall–Kier alpha value is -2.39. The molecule has 0 heterocycles. The maximum atomic E-state index is 11.9. The van der Waals surface area contributed by atoms with Crippen LogP contribution in [0.4, 0.5) is 0 Å². The molecule has 3 heteroatoms. The van der Waals surface area contributed by atoms with Gasteiger partial charge in [0.05, 0.1) is 6.61 Å². The van der Waals surface area contributed by atoms with E-state index in [1.165, 1.54) is 0 Å². The van der Waals surface area contributed by atoms with Gasteiger partial charge >= 0.3 is 5.97 Å². The highest BCUT2D eigenvalue weighted by molar-refractivity contribution is 5.71. The lowest BCUT2D eigenvalue weighted by Gasteiger charge is -2.15. The van der Waals surface area contributed by atoms with Gasteiger partial charge in [-0.25, -0.2) is 4.79 Å². The van der Waals surface area contributed by atoms with Crippen LogP contribution in [0.25, 0.3) is 0 Å². The molecule has 0 saturated carbocycles. The molecule has 0 spiro atoms. The maximum absolute atomic E-state index is 11.9. The first-order valence-corrected chi connectivity index (χ1v) is 7.28. The van der Waals surface area contributed by atoms with Gasteiger partial charge in [0.15, 0.2) is 0 Å². The average Bonchev–Trinajstić information content (AvgIpc) is 2.56. The fourth-order valence-corrected chi connectivity index (χ4v) is 2.04. The molecule has 0 aliphatic carbocycles. The Morgan fingerprint density at radius 1 is 1.05 bits per heavy atom. The van der Waals surface area contributed by atoms with Crippen molar-refractivity contribution >= 4 is 5.97 Å². The molecule has 2 rings (SSSR count). The fraction of sp³-hybridized carbons (Fsp3) is 0.211. The Labute approximate surface area is 131 Å². The minimum atomic E-state index is -0.376. The molecule has 0 bridgehead atoms. The number of allylic oxidation sites excluding steroid dienone is 1. The molecule has 0 aromatic heterocycles. The van der Waals surface area contributed by atoms with Crippen LogP contribution in [0.5, 0.6) is 0 Å². The van der Waals surface area contributed by atoms with Gasteiger partial charge in [-0.1, -0.05) is 66.7 Å². The highest BCUT2D eigenvalue weighted by Crippen LogP contribution is 2.19. The first kappa shape index (κ1) is 16.0. The highest BCUT2D eigenvalue weighted by atomic mass is 16.6. The summed E-state index contributed by atoms with van der Waals surface area (Å²) >= 11 is 0. The van der Waals surface area contributed by atoms with E-state index in [0.717, 1.165) is 11.1 Å². The minimum Gasteiger partial charge on any atom is -0.451 e. The third-order valence-corrected chi connectivity index (χ3v) is 3.09. The van der Waals surface area contributed by atoms with Crippen LogP contribution in [0.15, 0.2) is 72.8 Å². The van der Waals surface area contributed by atoms with E-state index in [1.54, 1.807) is 0 Å². The molecular weight excluding hydrogens is 276 g/mol. The van der Waals surface area contributed by atoms with Gasteiger partial charge in [0, 0.05) is 0 Å². The zero-order chi connectivity index (χ0) is 15.6. The van der Waals surface area contributed by atoms with E-state index in [-0.39, 0.29) is 18.7 Å². The summed E-state index contributed by atoms with van der Waals surface area (Å²) in [5, 5.41) is 0. The standard InChI is InChI=1S/C19H20O3/c1-2-9-18(17-12-7-4-8-13-17)22-19(20)15-21-14-16-10-5-3-6-11-16/h2-13,18H,14-15H2,1H3/b9-2+. The summed E-state index contributed by atoms with van der Waals surface area (Å²) in [5.41, 5.74) is 1.97. The Bertz CT molecular complexity index is 591. The van der Waals surface area contributed by atoms with Gasteiger partial charge in [0.1, 0.15) is 12.7 Å². The summed E-state index contributed by atoms with van der Waals surface area (Å²) in [6.45, 7) is 2.24. The Balaban J connectivity index is 1.84. The number of carbonyl (C=O) groups is 1. The number of benzene rings is 2. The monoisotopic (exact) mass is 296 g/mol. The first-order valence-electron chi connectivity index (χ1n) is 7.28. The van der Waals surface area contributed by atoms with Crippen LogP contribution in [0.2, 0.25) is 0 Å². The molecule has 2 aromatic rings. The normalized spacial score (nSPS) is 12.2. The second-order valence-electron chi connectivity index (χ2n) is 4.83. The van der Waals surface area contributed by atoms with Crippen molar-refractivity contribution in [3.05, 3.63) is 83.9 Å². The number of ether oxygens (including phenoxy) is 2. The van der Waals surface area contributed by atoms with Gasteiger partial charge in [0.25, 0.3) is 0 Å². The third kappa shape index (κ3) is 5.19. The fourth-order valence-electron chi connectivity index (χ4n) is 2.04. The van der Waals surface area contributed by atoms with E-state index in [2.05, 4.69) is 0 Å². The lowest BCUT2D eigenvalue weighted by molar-refractivity contribution is -0.153. The van der Waals surface area contributed by atoms with Crippen molar-refractivity contribution in [2.45, 2.75) is 19.6 Å². The SMILES string of the molecule is C/C=C/C(OC(=O)COCc1ccccc1)c1ccccc1. The minimum absolute atomic E-state index is 0.0597. The van der Waals surface area contributed by atoms with E-state index >= 15 is 0 Å². The topological polar surface area (TPSA) is 35.5 Å². The van der Waals surface area contributed by atoms with Crippen molar-refractivity contribution in [2.24, 2.45) is 0 Å². The molecule has 3 nitrogen and oxygen atoms in total. The van der Waals surface area contributed by atoms with Gasteiger partial charge in [-0.05, 0) is 24.1 Å². The lowest BCUT2D eigenvalue weighted by Crippen LogP contribution is -2.15. The van der Waals surface area contributed by atoms with Crippen molar-refractivity contribution in [1.82, 2.24) is 0 Å². The number of rotatable bonds is 7. The van der Waals surface area contributed by atoms with Crippen LogP contribution < -0.4 is 0 Å². The smallest absolute Gasteiger partial charge is 0.333 e. The Kier molecular flexibility index (Phi) is 6.39. The maximum Gasteiger partial charge on any atom is 0.333 e. The quantitative estimate of drug-likeness (QED) is 0.571. The molecule has 0 aliphatic rings. The molecule has 1 atom stereocenters. The summed E-state index contributed by atoms with van der Waals surface area (Å²) in [4.78, 5) is 11.9. The van der Waals surface area contributed by atoms with E-state index in [9.17, 15) is 4.79 Å². The van der Waals surface area contributed by atoms with E-state index in [1.807, 2.05) is 79.7 Å². The predicted octanol–water partition coefficient (Wildman–Crippen LogP) is 4.06. The summed E-state index contributed by atoms with van der Waals surface area (Å²) < 4.78 is 10.9. The van der Waals surface area contributed by atoms with Crippen molar-refractivity contribution in [3.8, 4) is 0 Å². The van der Waals surface area contributed by atoms with Gasteiger partial charge < -0.3 is 9.47 Å². The predicted molar refractivity (Wildman–Crippen MR) is 86.2 cm³/mol. The summed E-state index contributed by atoms with van der Waals surface area (Å²) in [6, 6.07) is 19.4. The van der Waals surface area contributed by atoms with E-state index in [4.69, 9.17) is 9.47 Å². The number of esters is 1. The second-order valence-corrected chi connectivity index (χ2v) is 4.83. The van der Waals surface area contributed by atoms with Crippen molar-refractivity contribution in [2.75, 3.05) is 6.61 Å². The zero-order valence-electron chi connectivity index (χ0n) is 12.6. The summed E-state index contributed by atoms with van der Waals surface area (Å²) in [5.74, 6) is -0.372. The molecular formula is C19H20O3. The first-order chi connectivity index (χ1) is 10.8. The molecule has 0 aliphatic heterocycles. The van der Waals surface area contributed by atoms with E-state index < -0.39 is 0 Å². The van der Waals surface area contributed by atoms with Crippen LogP contribution in [-0.4, -0.2) is 12.6 Å². The molecule has 1 unspecified atom stereocenters. The number of hydrogen-bond donors (Lipinski definition) is 0. The van der Waals surface area contributed by atoms with Crippen LogP contribution in [0, 0.1) is 0 Å². The average molecular weight is 296 g/mol. The van der Waals surface area contributed by atoms with Crippen LogP contribution in [0.1, 0.15) is 24.2 Å². The second kappa shape index (κ2) is 8.80. The number of carbonyl (C=O) groups excluding carboxylic acids is 1. The lowest BCUT2D eigenvalue weighted by atomic mass is 10.1.